The second kappa shape index (κ2) is 9.09. The highest BCUT2D eigenvalue weighted by atomic mass is 16.3. The Hall–Kier alpha value is -4.98. The van der Waals surface area contributed by atoms with E-state index in [1.165, 1.54) is 12.1 Å². The van der Waals surface area contributed by atoms with Gasteiger partial charge in [-0.25, -0.2) is 9.97 Å². The van der Waals surface area contributed by atoms with Gasteiger partial charge in [0.05, 0.1) is 5.56 Å². The Morgan fingerprint density at radius 1 is 1.15 bits per heavy atom. The number of carbonyl (C=O) groups excluding carboxylic acids is 4. The van der Waals surface area contributed by atoms with Gasteiger partial charge in [-0.15, -0.1) is 4.91 Å². The number of aliphatic hydroxyl groups is 3. The number of aliphatic hydroxyl groups excluding tert-OH is 2. The van der Waals surface area contributed by atoms with Crippen LogP contribution in [0, 0.1) is 16.7 Å². The first-order valence-electron chi connectivity index (χ1n) is 11.7. The van der Waals surface area contributed by atoms with Crippen LogP contribution in [0.5, 0.6) is 5.75 Å². The molecule has 2 amide bonds. The molecule has 0 spiro atoms. The van der Waals surface area contributed by atoms with E-state index in [1.54, 1.807) is 0 Å². The Kier molecular flexibility index (Phi) is 5.98. The molecule has 1 saturated carbocycles. The van der Waals surface area contributed by atoms with Crippen molar-refractivity contribution in [1.82, 2.24) is 15.3 Å². The van der Waals surface area contributed by atoms with Gasteiger partial charge in [0.1, 0.15) is 34.9 Å². The first-order chi connectivity index (χ1) is 18.5. The van der Waals surface area contributed by atoms with Gasteiger partial charge in [-0.2, -0.15) is 0 Å². The molecule has 3 atom stereocenters. The number of benzene rings is 1. The average Bonchev–Trinajstić information content (AvgIpc) is 2.90. The molecule has 2 aromatic rings. The van der Waals surface area contributed by atoms with Crippen molar-refractivity contribution in [3.8, 4) is 5.75 Å². The highest BCUT2D eigenvalue weighted by Gasteiger charge is 2.60. The van der Waals surface area contributed by atoms with Crippen molar-refractivity contribution < 1.29 is 39.6 Å². The standard InChI is InChI=1S/C25H21N5O9/c26-23(36)19-15(32)5-11-3-10-4-12-9(7-27-24(37)13-6-16(30-39)29-8-28-13)1-2-14(31)18(12)20(33)17(10)21(34)25(11,38)22(19)35/h1-2,6,8,10-11,31,33,35,38H,3-5,7H2,(H2,26,36)(H,27,37)/t10-,11+,25+/m1/s1. The molecule has 1 fully saturated rings. The number of nitroso groups, excluding NO2 is 1. The molecule has 14 heteroatoms. The van der Waals surface area contributed by atoms with E-state index in [9.17, 15) is 44.5 Å². The molecule has 0 unspecified atom stereocenters. The minimum absolute atomic E-state index is 0.0211. The van der Waals surface area contributed by atoms with Crippen molar-refractivity contribution in [2.75, 3.05) is 0 Å². The average molecular weight is 535 g/mol. The van der Waals surface area contributed by atoms with Crippen LogP contribution in [0.3, 0.4) is 0 Å². The molecule has 5 rings (SSSR count). The van der Waals surface area contributed by atoms with Gasteiger partial charge < -0.3 is 31.5 Å². The fraction of sp³-hybridized carbons (Fsp3) is 0.280. The number of ketones is 2. The van der Waals surface area contributed by atoms with Crippen molar-refractivity contribution in [2.24, 2.45) is 22.7 Å². The summed E-state index contributed by atoms with van der Waals surface area (Å²) in [5.74, 6) is -8.05. The van der Waals surface area contributed by atoms with E-state index >= 15 is 0 Å². The summed E-state index contributed by atoms with van der Waals surface area (Å²) in [7, 11) is 0. The van der Waals surface area contributed by atoms with Crippen molar-refractivity contribution in [3.05, 3.63) is 68.7 Å². The number of nitrogens with two attached hydrogens (primary N) is 1. The number of rotatable bonds is 5. The quantitative estimate of drug-likeness (QED) is 0.228. The smallest absolute Gasteiger partial charge is 0.270 e. The second-order valence-corrected chi connectivity index (χ2v) is 9.54. The van der Waals surface area contributed by atoms with Crippen molar-refractivity contribution in [2.45, 2.75) is 31.4 Å². The Labute approximate surface area is 218 Å². The van der Waals surface area contributed by atoms with Crippen LogP contribution in [0.4, 0.5) is 5.82 Å². The summed E-state index contributed by atoms with van der Waals surface area (Å²) in [4.78, 5) is 68.4. The van der Waals surface area contributed by atoms with Crippen molar-refractivity contribution >= 4 is 35.0 Å². The zero-order valence-electron chi connectivity index (χ0n) is 20.0. The summed E-state index contributed by atoms with van der Waals surface area (Å²) >= 11 is 0. The Morgan fingerprint density at radius 2 is 1.90 bits per heavy atom. The van der Waals surface area contributed by atoms with E-state index in [0.29, 0.717) is 11.1 Å². The molecule has 0 bridgehead atoms. The molecule has 7 N–H and O–H groups in total. The van der Waals surface area contributed by atoms with Gasteiger partial charge >= 0.3 is 0 Å². The second-order valence-electron chi connectivity index (χ2n) is 9.54. The molecule has 3 aliphatic carbocycles. The minimum atomic E-state index is -2.65. The van der Waals surface area contributed by atoms with Crippen LogP contribution in [0.2, 0.25) is 0 Å². The molecule has 0 saturated heterocycles. The highest BCUT2D eigenvalue weighted by Crippen LogP contribution is 2.52. The maximum Gasteiger partial charge on any atom is 0.270 e. The normalized spacial score (nSPS) is 24.0. The number of primary amides is 1. The van der Waals surface area contributed by atoms with Gasteiger partial charge in [0, 0.05) is 30.5 Å². The van der Waals surface area contributed by atoms with Crippen LogP contribution in [0.1, 0.15) is 40.0 Å². The van der Waals surface area contributed by atoms with E-state index < -0.39 is 64.3 Å². The predicted octanol–water partition coefficient (Wildman–Crippen LogP) is 0.542. The Bertz CT molecular complexity index is 1560. The van der Waals surface area contributed by atoms with Gasteiger partial charge in [0.2, 0.25) is 5.78 Å². The number of phenols is 1. The minimum Gasteiger partial charge on any atom is -0.508 e. The van der Waals surface area contributed by atoms with Crippen LogP contribution in [0.25, 0.3) is 5.76 Å². The molecular formula is C25H21N5O9. The lowest BCUT2D eigenvalue weighted by Crippen LogP contribution is -2.58. The van der Waals surface area contributed by atoms with Crippen LogP contribution < -0.4 is 11.1 Å². The number of hydrogen-bond acceptors (Lipinski definition) is 12. The molecule has 1 heterocycles. The first-order valence-corrected chi connectivity index (χ1v) is 11.7. The van der Waals surface area contributed by atoms with E-state index in [2.05, 4.69) is 20.5 Å². The summed E-state index contributed by atoms with van der Waals surface area (Å²) in [5, 5.41) is 48.9. The third kappa shape index (κ3) is 3.84. The summed E-state index contributed by atoms with van der Waals surface area (Å²) in [6, 6.07) is 3.87. The van der Waals surface area contributed by atoms with Crippen molar-refractivity contribution in [1.29, 1.82) is 0 Å². The Morgan fingerprint density at radius 3 is 2.59 bits per heavy atom. The zero-order valence-corrected chi connectivity index (χ0v) is 20.0. The molecule has 1 aromatic carbocycles. The third-order valence-corrected chi connectivity index (χ3v) is 7.46. The zero-order chi connectivity index (χ0) is 28.2. The number of nitrogens with one attached hydrogen (secondary N) is 1. The summed E-state index contributed by atoms with van der Waals surface area (Å²) in [6.45, 7) is -0.0874. The van der Waals surface area contributed by atoms with E-state index in [4.69, 9.17) is 5.73 Å². The highest BCUT2D eigenvalue weighted by molar-refractivity contribution is 6.22. The predicted molar refractivity (Wildman–Crippen MR) is 130 cm³/mol. The lowest BCUT2D eigenvalue weighted by Gasteiger charge is -2.46. The van der Waals surface area contributed by atoms with Crippen LogP contribution in [0.15, 0.2) is 46.6 Å². The number of aromatic nitrogens is 2. The number of aromatic hydroxyl groups is 1. The number of Topliss-reactive ketones (excluding diaryl/α,β-unsaturated/α-hetero) is 2. The van der Waals surface area contributed by atoms with Gasteiger partial charge in [-0.3, -0.25) is 19.2 Å². The number of phenolic OH excluding ortho intramolecular Hbond substituents is 1. The Balaban J connectivity index is 1.52. The van der Waals surface area contributed by atoms with E-state index in [-0.39, 0.29) is 47.8 Å². The largest absolute Gasteiger partial charge is 0.508 e. The molecule has 200 valence electrons. The summed E-state index contributed by atoms with van der Waals surface area (Å²) in [6.07, 6.45) is 0.643. The van der Waals surface area contributed by atoms with Crippen molar-refractivity contribution in [3.63, 3.8) is 0 Å². The lowest BCUT2D eigenvalue weighted by molar-refractivity contribution is -0.147. The molecule has 1 aromatic heterocycles. The lowest BCUT2D eigenvalue weighted by atomic mass is 9.59. The number of carbonyl (C=O) groups is 4. The summed E-state index contributed by atoms with van der Waals surface area (Å²) < 4.78 is 0. The SMILES string of the molecule is NC(=O)C1=C(O)[C@@]2(O)C(=O)C3=C(O)c4c(O)ccc(CNC(=O)c5cc(N=O)ncn5)c4C[C@H]3C[C@H]2CC1=O. The topological polar surface area (TPSA) is 242 Å². The van der Waals surface area contributed by atoms with Crippen LogP contribution >= 0.6 is 0 Å². The molecule has 0 radical (unpaired) electrons. The van der Waals surface area contributed by atoms with Gasteiger partial charge in [0.25, 0.3) is 11.8 Å². The van der Waals surface area contributed by atoms with E-state index in [1.807, 2.05) is 0 Å². The molecule has 3 aliphatic rings. The molecule has 39 heavy (non-hydrogen) atoms. The monoisotopic (exact) mass is 535 g/mol. The number of nitrogens with zero attached hydrogens (tertiary/aromatic N) is 3. The molecule has 0 aliphatic heterocycles. The maximum atomic E-state index is 13.5. The third-order valence-electron chi connectivity index (χ3n) is 7.46. The van der Waals surface area contributed by atoms with E-state index in [0.717, 1.165) is 12.4 Å². The fourth-order valence-electron chi connectivity index (χ4n) is 5.64. The number of hydrogen-bond donors (Lipinski definition) is 6. The summed E-state index contributed by atoms with van der Waals surface area (Å²) in [5.41, 5.74) is 2.10. The van der Waals surface area contributed by atoms with Crippen LogP contribution in [-0.2, 0) is 27.3 Å². The van der Waals surface area contributed by atoms with Gasteiger partial charge in [-0.05, 0) is 41.1 Å². The molecular weight excluding hydrogens is 514 g/mol. The number of amides is 2. The fourth-order valence-corrected chi connectivity index (χ4v) is 5.64. The number of fused-ring (bicyclic) bond motifs is 3. The van der Waals surface area contributed by atoms with Gasteiger partial charge in [-0.1, -0.05) is 6.07 Å². The molecule has 14 nitrogen and oxygen atoms in total. The first kappa shape index (κ1) is 25.7. The van der Waals surface area contributed by atoms with Crippen LogP contribution in [-0.4, -0.2) is 59.4 Å². The maximum absolute atomic E-state index is 13.5. The van der Waals surface area contributed by atoms with Gasteiger partial charge in [0.15, 0.2) is 17.2 Å².